The first-order chi connectivity index (χ1) is 7.80. The number of rotatable bonds is 0. The van der Waals surface area contributed by atoms with Gasteiger partial charge in [0.05, 0.1) is 6.61 Å². The maximum absolute atomic E-state index is 11.5. The molecule has 2 heteroatoms. The van der Waals surface area contributed by atoms with E-state index in [-0.39, 0.29) is 5.97 Å². The van der Waals surface area contributed by atoms with E-state index in [2.05, 4.69) is 6.58 Å². The van der Waals surface area contributed by atoms with Crippen LogP contribution in [0.2, 0.25) is 0 Å². The Morgan fingerprint density at radius 3 is 1.94 bits per heavy atom. The average molecular weight is 224 g/mol. The van der Waals surface area contributed by atoms with Crippen LogP contribution in [0.4, 0.5) is 0 Å². The minimum absolute atomic E-state index is 0.183. The smallest absolute Gasteiger partial charge is 0.333 e. The van der Waals surface area contributed by atoms with Gasteiger partial charge in [-0.2, -0.15) is 0 Å². The van der Waals surface area contributed by atoms with Gasteiger partial charge in [0.1, 0.15) is 0 Å². The second-order valence-electron chi connectivity index (χ2n) is 4.67. The van der Waals surface area contributed by atoms with Gasteiger partial charge in [0, 0.05) is 5.57 Å². The highest BCUT2D eigenvalue weighted by Gasteiger charge is 2.08. The highest BCUT2D eigenvalue weighted by Crippen LogP contribution is 2.14. The summed E-state index contributed by atoms with van der Waals surface area (Å²) in [6.07, 6.45) is 11.9. The Bertz CT molecular complexity index is 197. The molecule has 1 rings (SSSR count). The van der Waals surface area contributed by atoms with Crippen molar-refractivity contribution in [2.75, 3.05) is 6.61 Å². The minimum Gasteiger partial charge on any atom is -0.462 e. The molecule has 0 atom stereocenters. The van der Waals surface area contributed by atoms with Crippen molar-refractivity contribution in [3.05, 3.63) is 12.2 Å². The maximum atomic E-state index is 11.5. The Morgan fingerprint density at radius 2 is 1.31 bits per heavy atom. The van der Waals surface area contributed by atoms with Crippen LogP contribution in [0.15, 0.2) is 12.2 Å². The lowest BCUT2D eigenvalue weighted by Gasteiger charge is -2.08. The van der Waals surface area contributed by atoms with E-state index >= 15 is 0 Å². The Hall–Kier alpha value is -0.790. The van der Waals surface area contributed by atoms with E-state index < -0.39 is 0 Å². The van der Waals surface area contributed by atoms with Crippen LogP contribution < -0.4 is 0 Å². The van der Waals surface area contributed by atoms with Crippen molar-refractivity contribution in [1.29, 1.82) is 0 Å². The van der Waals surface area contributed by atoms with Gasteiger partial charge in [0.2, 0.25) is 0 Å². The van der Waals surface area contributed by atoms with Gasteiger partial charge in [-0.05, 0) is 19.3 Å². The third-order valence-electron chi connectivity index (χ3n) is 3.14. The molecule has 0 amide bonds. The molecule has 1 aliphatic heterocycles. The number of carbonyl (C=O) groups is 1. The second-order valence-corrected chi connectivity index (χ2v) is 4.67. The fourth-order valence-corrected chi connectivity index (χ4v) is 2.05. The van der Waals surface area contributed by atoms with Crippen LogP contribution in [0.25, 0.3) is 0 Å². The third-order valence-corrected chi connectivity index (χ3v) is 3.14. The van der Waals surface area contributed by atoms with Crippen molar-refractivity contribution in [3.8, 4) is 0 Å². The topological polar surface area (TPSA) is 26.3 Å². The molecule has 1 saturated heterocycles. The third kappa shape index (κ3) is 5.94. The summed E-state index contributed by atoms with van der Waals surface area (Å²) in [5.41, 5.74) is 0.650. The van der Waals surface area contributed by atoms with Gasteiger partial charge in [-0.15, -0.1) is 0 Å². The quantitative estimate of drug-likeness (QED) is 0.459. The van der Waals surface area contributed by atoms with Crippen LogP contribution in [-0.2, 0) is 9.53 Å². The molecule has 0 unspecified atom stereocenters. The summed E-state index contributed by atoms with van der Waals surface area (Å²) < 4.78 is 5.16. The number of esters is 1. The lowest BCUT2D eigenvalue weighted by atomic mass is 10.0. The summed E-state index contributed by atoms with van der Waals surface area (Å²) in [5.74, 6) is -0.183. The SMILES string of the molecule is C=C1CCCCCCCCCCCOC1=O. The predicted octanol–water partition coefficient (Wildman–Crippen LogP) is 4.00. The van der Waals surface area contributed by atoms with Crippen LogP contribution in [0.5, 0.6) is 0 Å². The number of cyclic esters (lactones) is 1. The zero-order valence-corrected chi connectivity index (χ0v) is 10.3. The average Bonchev–Trinajstić information content (AvgIpc) is 2.29. The van der Waals surface area contributed by atoms with E-state index in [1.54, 1.807) is 0 Å². The van der Waals surface area contributed by atoms with Gasteiger partial charge in [-0.3, -0.25) is 0 Å². The van der Waals surface area contributed by atoms with Crippen LogP contribution in [0, 0.1) is 0 Å². The molecule has 0 aromatic rings. The van der Waals surface area contributed by atoms with E-state index in [4.69, 9.17) is 4.74 Å². The fourth-order valence-electron chi connectivity index (χ4n) is 2.05. The minimum atomic E-state index is -0.183. The molecule has 16 heavy (non-hydrogen) atoms. The highest BCUT2D eigenvalue weighted by molar-refractivity contribution is 5.87. The van der Waals surface area contributed by atoms with Crippen LogP contribution >= 0.6 is 0 Å². The standard InChI is InChI=1S/C14H24O2/c1-13-11-9-7-5-3-2-4-6-8-10-12-16-14(13)15/h1-12H2. The van der Waals surface area contributed by atoms with Crippen molar-refractivity contribution in [1.82, 2.24) is 0 Å². The van der Waals surface area contributed by atoms with E-state index in [1.165, 1.54) is 44.9 Å². The first kappa shape index (κ1) is 13.3. The van der Waals surface area contributed by atoms with Crippen molar-refractivity contribution in [2.45, 2.75) is 64.2 Å². The molecular formula is C14H24O2. The molecule has 0 aromatic carbocycles. The summed E-state index contributed by atoms with van der Waals surface area (Å²) in [6, 6.07) is 0. The van der Waals surface area contributed by atoms with Gasteiger partial charge in [-0.1, -0.05) is 51.5 Å². The Morgan fingerprint density at radius 1 is 0.812 bits per heavy atom. The number of hydrogen-bond acceptors (Lipinski definition) is 2. The molecule has 92 valence electrons. The molecule has 1 fully saturated rings. The molecule has 0 N–H and O–H groups in total. The Balaban J connectivity index is 2.27. The summed E-state index contributed by atoms with van der Waals surface area (Å²) >= 11 is 0. The number of carbonyl (C=O) groups excluding carboxylic acids is 1. The number of ether oxygens (including phenoxy) is 1. The Kier molecular flexibility index (Phi) is 6.95. The van der Waals surface area contributed by atoms with E-state index in [1.807, 2.05) is 0 Å². The zero-order valence-electron chi connectivity index (χ0n) is 10.3. The van der Waals surface area contributed by atoms with Crippen molar-refractivity contribution < 1.29 is 9.53 Å². The normalized spacial score (nSPS) is 22.2. The summed E-state index contributed by atoms with van der Waals surface area (Å²) in [6.45, 7) is 4.36. The van der Waals surface area contributed by atoms with Crippen molar-refractivity contribution >= 4 is 5.97 Å². The van der Waals surface area contributed by atoms with E-state index in [9.17, 15) is 4.79 Å². The van der Waals surface area contributed by atoms with Crippen molar-refractivity contribution in [3.63, 3.8) is 0 Å². The molecule has 0 radical (unpaired) electrons. The van der Waals surface area contributed by atoms with Crippen molar-refractivity contribution in [2.24, 2.45) is 0 Å². The fraction of sp³-hybridized carbons (Fsp3) is 0.786. The molecule has 1 aliphatic rings. The lowest BCUT2D eigenvalue weighted by Crippen LogP contribution is -2.08. The van der Waals surface area contributed by atoms with E-state index in [0.717, 1.165) is 19.3 Å². The van der Waals surface area contributed by atoms with Gasteiger partial charge < -0.3 is 4.74 Å². The van der Waals surface area contributed by atoms with Crippen LogP contribution in [-0.4, -0.2) is 12.6 Å². The molecule has 0 aromatic heterocycles. The van der Waals surface area contributed by atoms with Gasteiger partial charge >= 0.3 is 5.97 Å². The first-order valence-corrected chi connectivity index (χ1v) is 6.65. The molecule has 0 saturated carbocycles. The predicted molar refractivity (Wildman–Crippen MR) is 66.3 cm³/mol. The summed E-state index contributed by atoms with van der Waals surface area (Å²) in [5, 5.41) is 0. The van der Waals surface area contributed by atoms with Gasteiger partial charge in [-0.25, -0.2) is 4.79 Å². The second kappa shape index (κ2) is 8.37. The molecular weight excluding hydrogens is 200 g/mol. The van der Waals surface area contributed by atoms with Crippen LogP contribution in [0.1, 0.15) is 64.2 Å². The molecule has 0 bridgehead atoms. The van der Waals surface area contributed by atoms with Gasteiger partial charge in [0.25, 0.3) is 0 Å². The molecule has 1 heterocycles. The van der Waals surface area contributed by atoms with Gasteiger partial charge in [0.15, 0.2) is 0 Å². The van der Waals surface area contributed by atoms with E-state index in [0.29, 0.717) is 12.2 Å². The lowest BCUT2D eigenvalue weighted by molar-refractivity contribution is -0.139. The largest absolute Gasteiger partial charge is 0.462 e. The highest BCUT2D eigenvalue weighted by atomic mass is 16.5. The molecule has 0 aliphatic carbocycles. The molecule has 0 spiro atoms. The maximum Gasteiger partial charge on any atom is 0.333 e. The summed E-state index contributed by atoms with van der Waals surface area (Å²) in [7, 11) is 0. The monoisotopic (exact) mass is 224 g/mol. The van der Waals surface area contributed by atoms with Crippen LogP contribution in [0.3, 0.4) is 0 Å². The first-order valence-electron chi connectivity index (χ1n) is 6.65. The Labute approximate surface area is 99.1 Å². The molecule has 2 nitrogen and oxygen atoms in total. The summed E-state index contributed by atoms with van der Waals surface area (Å²) in [4.78, 5) is 11.5. The zero-order chi connectivity index (χ0) is 11.6. The number of hydrogen-bond donors (Lipinski definition) is 0.